The smallest absolute Gasteiger partial charge is 0.136 e. The number of nitrogens with two attached hydrogens (primary N) is 1. The van der Waals surface area contributed by atoms with Crippen LogP contribution in [0.4, 0.5) is 0 Å². The number of fused-ring (bicyclic) bond motifs is 1. The highest BCUT2D eigenvalue weighted by Crippen LogP contribution is 2.46. The van der Waals surface area contributed by atoms with E-state index in [1.165, 1.54) is 12.2 Å². The predicted molar refractivity (Wildman–Crippen MR) is 52.8 cm³/mol. The number of hydrogen-bond donors (Lipinski definition) is 1. The molecule has 3 unspecified atom stereocenters. The minimum atomic E-state index is 0.298. The largest absolute Gasteiger partial charge is 0.326 e. The van der Waals surface area contributed by atoms with Crippen molar-refractivity contribution in [1.82, 2.24) is 14.8 Å². The van der Waals surface area contributed by atoms with Gasteiger partial charge in [0.15, 0.2) is 0 Å². The number of aromatic nitrogens is 3. The molecule has 1 fully saturated rings. The summed E-state index contributed by atoms with van der Waals surface area (Å²) in [4.78, 5) is 0. The molecular weight excluding hydrogens is 176 g/mol. The highest BCUT2D eigenvalue weighted by molar-refractivity contribution is 5.13. The van der Waals surface area contributed by atoms with Crippen molar-refractivity contribution >= 4 is 0 Å². The molecule has 4 heteroatoms. The summed E-state index contributed by atoms with van der Waals surface area (Å²) in [5, 5.41) is 8.55. The third-order valence-electron chi connectivity index (χ3n) is 3.45. The molecule has 1 aromatic rings. The number of aryl methyl sites for hydroxylation is 1. The van der Waals surface area contributed by atoms with E-state index in [1.807, 2.05) is 0 Å². The Kier molecular flexibility index (Phi) is 1.68. The van der Waals surface area contributed by atoms with Gasteiger partial charge in [-0.1, -0.05) is 6.92 Å². The highest BCUT2D eigenvalue weighted by Gasteiger charge is 2.39. The standard InChI is InChI=1S/C10H16N4/c1-6-4-8(6)10-13-12-9-3-2-7(11)5-14(9)10/h6-8H,2-5,11H2,1H3. The molecule has 14 heavy (non-hydrogen) atoms. The molecule has 0 radical (unpaired) electrons. The van der Waals surface area contributed by atoms with Crippen molar-refractivity contribution < 1.29 is 0 Å². The van der Waals surface area contributed by atoms with Gasteiger partial charge in [0.1, 0.15) is 11.6 Å². The van der Waals surface area contributed by atoms with E-state index in [9.17, 15) is 0 Å². The van der Waals surface area contributed by atoms with Crippen LogP contribution in [0.1, 0.15) is 37.3 Å². The van der Waals surface area contributed by atoms with Crippen LogP contribution in [0.15, 0.2) is 0 Å². The van der Waals surface area contributed by atoms with E-state index in [-0.39, 0.29) is 0 Å². The van der Waals surface area contributed by atoms with Crippen LogP contribution >= 0.6 is 0 Å². The van der Waals surface area contributed by atoms with Crippen LogP contribution in [0, 0.1) is 5.92 Å². The lowest BCUT2D eigenvalue weighted by Gasteiger charge is -2.20. The van der Waals surface area contributed by atoms with Gasteiger partial charge in [0, 0.05) is 24.9 Å². The summed E-state index contributed by atoms with van der Waals surface area (Å²) in [7, 11) is 0. The Labute approximate surface area is 83.5 Å². The summed E-state index contributed by atoms with van der Waals surface area (Å²) >= 11 is 0. The Hall–Kier alpha value is -0.900. The fourth-order valence-electron chi connectivity index (χ4n) is 2.33. The molecule has 76 valence electrons. The summed E-state index contributed by atoms with van der Waals surface area (Å²) < 4.78 is 2.25. The minimum Gasteiger partial charge on any atom is -0.326 e. The van der Waals surface area contributed by atoms with Crippen LogP contribution in [-0.4, -0.2) is 20.8 Å². The summed E-state index contributed by atoms with van der Waals surface area (Å²) in [5.74, 6) is 3.77. The molecule has 0 spiro atoms. The zero-order chi connectivity index (χ0) is 9.71. The first-order chi connectivity index (χ1) is 6.75. The Morgan fingerprint density at radius 2 is 2.21 bits per heavy atom. The van der Waals surface area contributed by atoms with Crippen LogP contribution < -0.4 is 5.73 Å². The van der Waals surface area contributed by atoms with Gasteiger partial charge in [0.05, 0.1) is 0 Å². The van der Waals surface area contributed by atoms with Crippen LogP contribution in [0.2, 0.25) is 0 Å². The summed E-state index contributed by atoms with van der Waals surface area (Å²) in [6.07, 6.45) is 3.32. The van der Waals surface area contributed by atoms with Crippen molar-refractivity contribution in [1.29, 1.82) is 0 Å². The molecule has 1 aromatic heterocycles. The second-order valence-corrected chi connectivity index (χ2v) is 4.70. The molecule has 3 rings (SSSR count). The number of hydrogen-bond acceptors (Lipinski definition) is 3. The van der Waals surface area contributed by atoms with E-state index in [0.29, 0.717) is 12.0 Å². The first kappa shape index (κ1) is 8.41. The van der Waals surface area contributed by atoms with E-state index < -0.39 is 0 Å². The fourth-order valence-corrected chi connectivity index (χ4v) is 2.33. The SMILES string of the molecule is CC1CC1c1nnc2n1CC(N)CC2. The number of nitrogens with zero attached hydrogens (tertiary/aromatic N) is 3. The molecule has 0 saturated heterocycles. The lowest BCUT2D eigenvalue weighted by atomic mass is 10.1. The van der Waals surface area contributed by atoms with Crippen LogP contribution in [0.3, 0.4) is 0 Å². The molecule has 0 bridgehead atoms. The van der Waals surface area contributed by atoms with Gasteiger partial charge in [0.25, 0.3) is 0 Å². The fraction of sp³-hybridized carbons (Fsp3) is 0.800. The third-order valence-corrected chi connectivity index (χ3v) is 3.45. The average molecular weight is 192 g/mol. The van der Waals surface area contributed by atoms with E-state index >= 15 is 0 Å². The van der Waals surface area contributed by atoms with Crippen molar-refractivity contribution in [3.8, 4) is 0 Å². The first-order valence-corrected chi connectivity index (χ1v) is 5.43. The normalized spacial score (nSPS) is 35.4. The molecule has 1 aliphatic heterocycles. The van der Waals surface area contributed by atoms with E-state index in [2.05, 4.69) is 21.7 Å². The minimum absolute atomic E-state index is 0.298. The topological polar surface area (TPSA) is 56.7 Å². The second-order valence-electron chi connectivity index (χ2n) is 4.70. The maximum atomic E-state index is 5.96. The molecule has 1 saturated carbocycles. The quantitative estimate of drug-likeness (QED) is 0.711. The molecule has 2 heterocycles. The molecule has 3 atom stereocenters. The first-order valence-electron chi connectivity index (χ1n) is 5.43. The van der Waals surface area contributed by atoms with Crippen molar-refractivity contribution in [3.05, 3.63) is 11.6 Å². The molecule has 2 aliphatic rings. The Bertz CT molecular complexity index is 357. The van der Waals surface area contributed by atoms with Crippen molar-refractivity contribution in [3.63, 3.8) is 0 Å². The zero-order valence-electron chi connectivity index (χ0n) is 8.48. The highest BCUT2D eigenvalue weighted by atomic mass is 15.3. The Morgan fingerprint density at radius 3 is 2.93 bits per heavy atom. The van der Waals surface area contributed by atoms with Gasteiger partial charge < -0.3 is 10.3 Å². The van der Waals surface area contributed by atoms with E-state index in [1.54, 1.807) is 0 Å². The molecule has 1 aliphatic carbocycles. The Morgan fingerprint density at radius 1 is 1.43 bits per heavy atom. The summed E-state index contributed by atoms with van der Waals surface area (Å²) in [6.45, 7) is 3.19. The van der Waals surface area contributed by atoms with Gasteiger partial charge in [-0.3, -0.25) is 0 Å². The molecule has 0 aromatic carbocycles. The van der Waals surface area contributed by atoms with Gasteiger partial charge >= 0.3 is 0 Å². The van der Waals surface area contributed by atoms with Crippen LogP contribution in [0.5, 0.6) is 0 Å². The van der Waals surface area contributed by atoms with Crippen molar-refractivity contribution in [2.24, 2.45) is 11.7 Å². The van der Waals surface area contributed by atoms with Gasteiger partial charge in [-0.2, -0.15) is 0 Å². The monoisotopic (exact) mass is 192 g/mol. The summed E-state index contributed by atoms with van der Waals surface area (Å²) in [6, 6.07) is 0.298. The maximum Gasteiger partial charge on any atom is 0.136 e. The lowest BCUT2D eigenvalue weighted by molar-refractivity contribution is 0.442. The predicted octanol–water partition coefficient (Wildman–Crippen LogP) is 0.675. The second kappa shape index (κ2) is 2.79. The maximum absolute atomic E-state index is 5.96. The van der Waals surface area contributed by atoms with Crippen LogP contribution in [-0.2, 0) is 13.0 Å². The third kappa shape index (κ3) is 1.17. The van der Waals surface area contributed by atoms with Gasteiger partial charge in [-0.05, 0) is 18.8 Å². The average Bonchev–Trinajstić information content (AvgIpc) is 2.75. The van der Waals surface area contributed by atoms with Gasteiger partial charge in [0.2, 0.25) is 0 Å². The lowest BCUT2D eigenvalue weighted by Crippen LogP contribution is -2.32. The van der Waals surface area contributed by atoms with Crippen LogP contribution in [0.25, 0.3) is 0 Å². The summed E-state index contributed by atoms with van der Waals surface area (Å²) in [5.41, 5.74) is 5.96. The molecular formula is C10H16N4. The van der Waals surface area contributed by atoms with Crippen molar-refractivity contribution in [2.75, 3.05) is 0 Å². The van der Waals surface area contributed by atoms with E-state index in [4.69, 9.17) is 5.73 Å². The van der Waals surface area contributed by atoms with Crippen molar-refractivity contribution in [2.45, 2.75) is 44.7 Å². The molecule has 0 amide bonds. The molecule has 2 N–H and O–H groups in total. The Balaban J connectivity index is 1.95. The van der Waals surface area contributed by atoms with E-state index in [0.717, 1.165) is 31.1 Å². The van der Waals surface area contributed by atoms with Gasteiger partial charge in [-0.25, -0.2) is 0 Å². The zero-order valence-corrected chi connectivity index (χ0v) is 8.48. The number of rotatable bonds is 1. The van der Waals surface area contributed by atoms with Gasteiger partial charge in [-0.15, -0.1) is 10.2 Å². The molecule has 4 nitrogen and oxygen atoms in total.